The van der Waals surface area contributed by atoms with Crippen molar-refractivity contribution >= 4 is 0 Å². The molecule has 0 aromatic heterocycles. The molecule has 1 N–H and O–H groups in total. The second-order valence-corrected chi connectivity index (χ2v) is 6.51. The molecule has 1 fully saturated rings. The van der Waals surface area contributed by atoms with E-state index in [1.807, 2.05) is 12.1 Å². The fourth-order valence-electron chi connectivity index (χ4n) is 3.57. The minimum absolute atomic E-state index is 0.0633. The molecule has 1 saturated carbocycles. The van der Waals surface area contributed by atoms with Crippen LogP contribution in [0.4, 0.5) is 0 Å². The zero-order valence-electron chi connectivity index (χ0n) is 12.5. The van der Waals surface area contributed by atoms with Crippen LogP contribution in [0.1, 0.15) is 45.6 Å². The highest BCUT2D eigenvalue weighted by Gasteiger charge is 2.40. The molecule has 1 aliphatic rings. The first-order valence-electron chi connectivity index (χ1n) is 7.28. The van der Waals surface area contributed by atoms with E-state index in [4.69, 9.17) is 4.74 Å². The number of hydrogen-bond donors (Lipinski definition) is 1. The Labute approximate surface area is 116 Å². The third-order valence-electron chi connectivity index (χ3n) is 4.81. The number of hydrogen-bond acceptors (Lipinski definition) is 2. The van der Waals surface area contributed by atoms with Gasteiger partial charge in [0, 0.05) is 5.56 Å². The van der Waals surface area contributed by atoms with Crippen LogP contribution in [0.25, 0.3) is 0 Å². The molecular formula is C17H26O2. The van der Waals surface area contributed by atoms with E-state index in [-0.39, 0.29) is 11.5 Å². The smallest absolute Gasteiger partial charge is 0.122 e. The van der Waals surface area contributed by atoms with Crippen molar-refractivity contribution in [2.45, 2.75) is 51.6 Å². The first-order valence-corrected chi connectivity index (χ1v) is 7.28. The summed E-state index contributed by atoms with van der Waals surface area (Å²) in [5.74, 6) is 1.87. The second-order valence-electron chi connectivity index (χ2n) is 6.51. The molecule has 2 nitrogen and oxygen atoms in total. The highest BCUT2D eigenvalue weighted by atomic mass is 16.5. The molecule has 0 aliphatic heterocycles. The molecule has 106 valence electrons. The van der Waals surface area contributed by atoms with Gasteiger partial charge in [0.15, 0.2) is 0 Å². The molecule has 1 aromatic carbocycles. The summed E-state index contributed by atoms with van der Waals surface area (Å²) in [6.07, 6.45) is 3.01. The van der Waals surface area contributed by atoms with Crippen molar-refractivity contribution in [3.63, 3.8) is 0 Å². The summed E-state index contributed by atoms with van der Waals surface area (Å²) in [6.45, 7) is 6.69. The lowest BCUT2D eigenvalue weighted by Crippen LogP contribution is -2.41. The molecule has 0 radical (unpaired) electrons. The van der Waals surface area contributed by atoms with Crippen molar-refractivity contribution in [1.29, 1.82) is 0 Å². The van der Waals surface area contributed by atoms with Gasteiger partial charge in [0.25, 0.3) is 0 Å². The fourth-order valence-corrected chi connectivity index (χ4v) is 3.57. The van der Waals surface area contributed by atoms with Crippen molar-refractivity contribution in [1.82, 2.24) is 0 Å². The molecule has 19 heavy (non-hydrogen) atoms. The lowest BCUT2D eigenvalue weighted by molar-refractivity contribution is 0.0138. The van der Waals surface area contributed by atoms with Gasteiger partial charge >= 0.3 is 0 Å². The van der Waals surface area contributed by atoms with E-state index in [9.17, 15) is 5.11 Å². The van der Waals surface area contributed by atoms with E-state index in [1.54, 1.807) is 7.11 Å². The van der Waals surface area contributed by atoms with E-state index in [2.05, 4.69) is 32.9 Å². The SMILES string of the molecule is COc1ccccc1C(C)(C)[C@@H]1CC[C@@H](C)C[C@H]1O. The number of aliphatic hydroxyl groups excluding tert-OH is 1. The molecule has 0 bridgehead atoms. The third kappa shape index (κ3) is 2.79. The Morgan fingerprint density at radius 2 is 1.89 bits per heavy atom. The van der Waals surface area contributed by atoms with Gasteiger partial charge in [-0.15, -0.1) is 0 Å². The summed E-state index contributed by atoms with van der Waals surface area (Å²) >= 11 is 0. The predicted octanol–water partition coefficient (Wildman–Crippen LogP) is 3.77. The molecule has 2 heteroatoms. The fraction of sp³-hybridized carbons (Fsp3) is 0.647. The standard InChI is InChI=1S/C17H26O2/c1-12-9-10-13(15(18)11-12)17(2,3)14-7-5-6-8-16(14)19-4/h5-8,12-13,15,18H,9-11H2,1-4H3/t12-,13-,15-/m1/s1. The lowest BCUT2D eigenvalue weighted by Gasteiger charge is -2.42. The van der Waals surface area contributed by atoms with Gasteiger partial charge in [-0.2, -0.15) is 0 Å². The Bertz CT molecular complexity index is 425. The van der Waals surface area contributed by atoms with Gasteiger partial charge in [-0.25, -0.2) is 0 Å². The Kier molecular flexibility index (Phi) is 4.19. The molecule has 0 heterocycles. The van der Waals surface area contributed by atoms with Crippen LogP contribution in [0.3, 0.4) is 0 Å². The number of para-hydroxylation sites is 1. The number of ether oxygens (including phenoxy) is 1. The van der Waals surface area contributed by atoms with Crippen LogP contribution in [-0.2, 0) is 5.41 Å². The largest absolute Gasteiger partial charge is 0.496 e. The maximum Gasteiger partial charge on any atom is 0.122 e. The molecule has 1 aliphatic carbocycles. The van der Waals surface area contributed by atoms with E-state index in [0.29, 0.717) is 11.8 Å². The van der Waals surface area contributed by atoms with Crippen LogP contribution in [-0.4, -0.2) is 18.3 Å². The molecule has 0 spiro atoms. The second kappa shape index (κ2) is 5.54. The van der Waals surface area contributed by atoms with Crippen molar-refractivity contribution in [3.05, 3.63) is 29.8 Å². The van der Waals surface area contributed by atoms with E-state index >= 15 is 0 Å². The molecule has 3 atom stereocenters. The first kappa shape index (κ1) is 14.4. The molecule has 0 unspecified atom stereocenters. The van der Waals surface area contributed by atoms with Crippen LogP contribution in [0.15, 0.2) is 24.3 Å². The van der Waals surface area contributed by atoms with E-state index in [0.717, 1.165) is 18.6 Å². The molecule has 1 aromatic rings. The number of benzene rings is 1. The molecule has 2 rings (SSSR count). The Morgan fingerprint density at radius 3 is 2.53 bits per heavy atom. The van der Waals surface area contributed by atoms with Crippen molar-refractivity contribution in [2.75, 3.05) is 7.11 Å². The Balaban J connectivity index is 2.31. The molecule has 0 amide bonds. The van der Waals surface area contributed by atoms with Crippen molar-refractivity contribution in [3.8, 4) is 5.75 Å². The number of methoxy groups -OCH3 is 1. The van der Waals surface area contributed by atoms with Gasteiger partial charge < -0.3 is 9.84 Å². The summed E-state index contributed by atoms with van der Waals surface area (Å²) < 4.78 is 5.50. The summed E-state index contributed by atoms with van der Waals surface area (Å²) in [5, 5.41) is 10.5. The highest BCUT2D eigenvalue weighted by Crippen LogP contribution is 2.44. The topological polar surface area (TPSA) is 29.5 Å². The molecular weight excluding hydrogens is 236 g/mol. The maximum atomic E-state index is 10.5. The van der Waals surface area contributed by atoms with Crippen LogP contribution in [0.2, 0.25) is 0 Å². The van der Waals surface area contributed by atoms with Crippen LogP contribution in [0, 0.1) is 11.8 Å². The predicted molar refractivity (Wildman–Crippen MR) is 78.5 cm³/mol. The number of aliphatic hydroxyl groups is 1. The van der Waals surface area contributed by atoms with Crippen molar-refractivity contribution < 1.29 is 9.84 Å². The van der Waals surface area contributed by atoms with Gasteiger partial charge in [-0.05, 0) is 36.2 Å². The van der Waals surface area contributed by atoms with Crippen molar-refractivity contribution in [2.24, 2.45) is 11.8 Å². The monoisotopic (exact) mass is 262 g/mol. The lowest BCUT2D eigenvalue weighted by atomic mass is 9.64. The quantitative estimate of drug-likeness (QED) is 0.898. The summed E-state index contributed by atoms with van der Waals surface area (Å²) in [6, 6.07) is 8.19. The van der Waals surface area contributed by atoms with E-state index in [1.165, 1.54) is 12.0 Å². The van der Waals surface area contributed by atoms with Gasteiger partial charge in [-0.1, -0.05) is 45.4 Å². The number of rotatable bonds is 3. The maximum absolute atomic E-state index is 10.5. The van der Waals surface area contributed by atoms with Gasteiger partial charge in [-0.3, -0.25) is 0 Å². The first-order chi connectivity index (χ1) is 8.96. The third-order valence-corrected chi connectivity index (χ3v) is 4.81. The average molecular weight is 262 g/mol. The summed E-state index contributed by atoms with van der Waals surface area (Å²) in [5.41, 5.74) is 1.14. The van der Waals surface area contributed by atoms with E-state index < -0.39 is 0 Å². The minimum atomic E-state index is -0.205. The van der Waals surface area contributed by atoms with Gasteiger partial charge in [0.2, 0.25) is 0 Å². The van der Waals surface area contributed by atoms with Gasteiger partial charge in [0.05, 0.1) is 13.2 Å². The van der Waals surface area contributed by atoms with Crippen LogP contribution >= 0.6 is 0 Å². The summed E-state index contributed by atoms with van der Waals surface area (Å²) in [7, 11) is 1.72. The van der Waals surface area contributed by atoms with Gasteiger partial charge in [0.1, 0.15) is 5.75 Å². The van der Waals surface area contributed by atoms with Crippen LogP contribution in [0.5, 0.6) is 5.75 Å². The normalized spacial score (nSPS) is 28.2. The molecule has 0 saturated heterocycles. The zero-order chi connectivity index (χ0) is 14.0. The summed E-state index contributed by atoms with van der Waals surface area (Å²) in [4.78, 5) is 0. The average Bonchev–Trinajstić information content (AvgIpc) is 2.38. The minimum Gasteiger partial charge on any atom is -0.496 e. The van der Waals surface area contributed by atoms with Crippen LogP contribution < -0.4 is 4.74 Å². The zero-order valence-corrected chi connectivity index (χ0v) is 12.5. The Morgan fingerprint density at radius 1 is 1.21 bits per heavy atom. The Hall–Kier alpha value is -1.02. The highest BCUT2D eigenvalue weighted by molar-refractivity contribution is 5.39.